The molecule has 0 aliphatic rings. The highest BCUT2D eigenvalue weighted by Crippen LogP contribution is 2.13. The molecule has 0 radical (unpaired) electrons. The number of nitrogens with zero attached hydrogens (tertiary/aromatic N) is 2. The summed E-state index contributed by atoms with van der Waals surface area (Å²) < 4.78 is 0. The van der Waals surface area contributed by atoms with Crippen molar-refractivity contribution in [3.63, 3.8) is 0 Å². The van der Waals surface area contributed by atoms with Crippen molar-refractivity contribution < 1.29 is 0 Å². The summed E-state index contributed by atoms with van der Waals surface area (Å²) in [6, 6.07) is 3.44. The molecule has 12 heavy (non-hydrogen) atoms. The third-order valence-electron chi connectivity index (χ3n) is 1.52. The highest BCUT2D eigenvalue weighted by atomic mass is 14.7. The van der Waals surface area contributed by atoms with Crippen LogP contribution in [-0.2, 0) is 0 Å². The summed E-state index contributed by atoms with van der Waals surface area (Å²) in [6.07, 6.45) is 3.45. The van der Waals surface area contributed by atoms with Crippen molar-refractivity contribution in [1.82, 2.24) is 4.98 Å². The Bertz CT molecular complexity index is 302. The van der Waals surface area contributed by atoms with Crippen LogP contribution in [0.25, 0.3) is 0 Å². The molecule has 4 N–H and O–H groups in total. The third kappa shape index (κ3) is 1.94. The van der Waals surface area contributed by atoms with Gasteiger partial charge in [-0.3, -0.25) is 4.98 Å². The Balaban J connectivity index is 2.82. The van der Waals surface area contributed by atoms with Gasteiger partial charge in [0, 0.05) is 18.4 Å². The van der Waals surface area contributed by atoms with Crippen molar-refractivity contribution in [2.45, 2.75) is 12.5 Å². The minimum absolute atomic E-state index is 0.283. The fourth-order valence-corrected chi connectivity index (χ4v) is 0.895. The number of hydrogen-bond acceptors (Lipinski definition) is 4. The standard InChI is InChI=1S/C8H10N4/c9-2-1-8(11)6-3-7(10)5-12-4-6/h3-5,8H,1,10-11H2. The molecule has 1 unspecified atom stereocenters. The zero-order valence-electron chi connectivity index (χ0n) is 6.57. The molecule has 1 aromatic rings. The second kappa shape index (κ2) is 3.69. The molecule has 1 atom stereocenters. The van der Waals surface area contributed by atoms with E-state index in [1.807, 2.05) is 6.07 Å². The van der Waals surface area contributed by atoms with Gasteiger partial charge in [-0.15, -0.1) is 0 Å². The smallest absolute Gasteiger partial charge is 0.0641 e. The van der Waals surface area contributed by atoms with Crippen molar-refractivity contribution >= 4 is 5.69 Å². The molecule has 0 amide bonds. The van der Waals surface area contributed by atoms with E-state index in [4.69, 9.17) is 16.7 Å². The Hall–Kier alpha value is -1.60. The second-order valence-electron chi connectivity index (χ2n) is 2.52. The average molecular weight is 162 g/mol. The lowest BCUT2D eigenvalue weighted by atomic mass is 10.1. The Morgan fingerprint density at radius 1 is 1.58 bits per heavy atom. The molecule has 0 fully saturated rings. The van der Waals surface area contributed by atoms with E-state index in [0.717, 1.165) is 5.56 Å². The summed E-state index contributed by atoms with van der Waals surface area (Å²) >= 11 is 0. The summed E-state index contributed by atoms with van der Waals surface area (Å²) in [7, 11) is 0. The number of hydrogen-bond donors (Lipinski definition) is 2. The Morgan fingerprint density at radius 3 is 2.92 bits per heavy atom. The van der Waals surface area contributed by atoms with Gasteiger partial charge in [-0.25, -0.2) is 0 Å². The van der Waals surface area contributed by atoms with Crippen LogP contribution in [0, 0.1) is 11.3 Å². The van der Waals surface area contributed by atoms with Gasteiger partial charge >= 0.3 is 0 Å². The van der Waals surface area contributed by atoms with E-state index >= 15 is 0 Å². The van der Waals surface area contributed by atoms with Crippen LogP contribution >= 0.6 is 0 Å². The van der Waals surface area contributed by atoms with E-state index in [1.165, 1.54) is 0 Å². The van der Waals surface area contributed by atoms with Crippen molar-refractivity contribution in [2.24, 2.45) is 5.73 Å². The molecule has 62 valence electrons. The Morgan fingerprint density at radius 2 is 2.33 bits per heavy atom. The van der Waals surface area contributed by atoms with Crippen LogP contribution in [0.2, 0.25) is 0 Å². The molecule has 1 rings (SSSR count). The summed E-state index contributed by atoms with van der Waals surface area (Å²) in [5, 5.41) is 8.39. The minimum Gasteiger partial charge on any atom is -0.397 e. The van der Waals surface area contributed by atoms with Gasteiger partial charge < -0.3 is 11.5 Å². The first-order chi connectivity index (χ1) is 5.74. The van der Waals surface area contributed by atoms with E-state index in [9.17, 15) is 0 Å². The number of nitriles is 1. The van der Waals surface area contributed by atoms with Crippen LogP contribution in [0.3, 0.4) is 0 Å². The van der Waals surface area contributed by atoms with Crippen molar-refractivity contribution in [3.05, 3.63) is 24.0 Å². The molecule has 0 saturated carbocycles. The minimum atomic E-state index is -0.286. The molecule has 0 aromatic carbocycles. The first kappa shape index (κ1) is 8.50. The fourth-order valence-electron chi connectivity index (χ4n) is 0.895. The maximum absolute atomic E-state index is 8.39. The zero-order valence-corrected chi connectivity index (χ0v) is 6.57. The van der Waals surface area contributed by atoms with E-state index in [0.29, 0.717) is 5.69 Å². The van der Waals surface area contributed by atoms with Gasteiger partial charge in [0.25, 0.3) is 0 Å². The monoisotopic (exact) mass is 162 g/mol. The van der Waals surface area contributed by atoms with E-state index in [1.54, 1.807) is 18.5 Å². The number of aromatic nitrogens is 1. The molecular weight excluding hydrogens is 152 g/mol. The Kier molecular flexibility index (Phi) is 2.62. The first-order valence-corrected chi connectivity index (χ1v) is 3.57. The molecule has 0 aliphatic heterocycles. The maximum atomic E-state index is 8.39. The topological polar surface area (TPSA) is 88.7 Å². The molecule has 0 aliphatic carbocycles. The maximum Gasteiger partial charge on any atom is 0.0641 e. The normalized spacial score (nSPS) is 12.0. The predicted octanol–water partition coefficient (Wildman–Crippen LogP) is 0.577. The number of pyridine rings is 1. The van der Waals surface area contributed by atoms with Crippen LogP contribution in [0.15, 0.2) is 18.5 Å². The lowest BCUT2D eigenvalue weighted by Gasteiger charge is -2.06. The molecular formula is C8H10N4. The second-order valence-corrected chi connectivity index (χ2v) is 2.52. The zero-order chi connectivity index (χ0) is 8.97. The van der Waals surface area contributed by atoms with Gasteiger partial charge in [0.15, 0.2) is 0 Å². The van der Waals surface area contributed by atoms with E-state index < -0.39 is 0 Å². The quantitative estimate of drug-likeness (QED) is 0.665. The molecule has 1 aromatic heterocycles. The summed E-state index contributed by atoms with van der Waals surface area (Å²) in [4.78, 5) is 3.87. The van der Waals surface area contributed by atoms with Gasteiger partial charge in [0.2, 0.25) is 0 Å². The SMILES string of the molecule is N#CCC(N)c1cncc(N)c1. The van der Waals surface area contributed by atoms with Crippen LogP contribution in [0.4, 0.5) is 5.69 Å². The molecule has 4 heteroatoms. The number of rotatable bonds is 2. The molecule has 0 spiro atoms. The predicted molar refractivity (Wildman–Crippen MR) is 45.8 cm³/mol. The highest BCUT2D eigenvalue weighted by Gasteiger charge is 2.04. The largest absolute Gasteiger partial charge is 0.397 e. The number of anilines is 1. The molecule has 4 nitrogen and oxygen atoms in total. The van der Waals surface area contributed by atoms with E-state index in [2.05, 4.69) is 4.98 Å². The first-order valence-electron chi connectivity index (χ1n) is 3.57. The summed E-state index contributed by atoms with van der Waals surface area (Å²) in [5.74, 6) is 0. The summed E-state index contributed by atoms with van der Waals surface area (Å²) in [5.41, 5.74) is 12.5. The number of nitrogens with two attached hydrogens (primary N) is 2. The van der Waals surface area contributed by atoms with Crippen LogP contribution < -0.4 is 11.5 Å². The average Bonchev–Trinajstić information content (AvgIpc) is 2.05. The molecule has 1 heterocycles. The van der Waals surface area contributed by atoms with Gasteiger partial charge in [-0.05, 0) is 11.6 Å². The highest BCUT2D eigenvalue weighted by molar-refractivity contribution is 5.38. The van der Waals surface area contributed by atoms with Gasteiger partial charge in [0.05, 0.1) is 18.2 Å². The van der Waals surface area contributed by atoms with E-state index in [-0.39, 0.29) is 12.5 Å². The van der Waals surface area contributed by atoms with Gasteiger partial charge in [-0.1, -0.05) is 0 Å². The summed E-state index contributed by atoms with van der Waals surface area (Å²) in [6.45, 7) is 0. The van der Waals surface area contributed by atoms with Crippen LogP contribution in [0.5, 0.6) is 0 Å². The van der Waals surface area contributed by atoms with Crippen molar-refractivity contribution in [1.29, 1.82) is 5.26 Å². The van der Waals surface area contributed by atoms with Crippen LogP contribution in [-0.4, -0.2) is 4.98 Å². The van der Waals surface area contributed by atoms with Crippen molar-refractivity contribution in [2.75, 3.05) is 5.73 Å². The van der Waals surface area contributed by atoms with Gasteiger partial charge in [-0.2, -0.15) is 5.26 Å². The molecule has 0 bridgehead atoms. The molecule has 0 saturated heterocycles. The van der Waals surface area contributed by atoms with Gasteiger partial charge in [0.1, 0.15) is 0 Å². The number of nitrogen functional groups attached to an aromatic ring is 1. The third-order valence-corrected chi connectivity index (χ3v) is 1.52. The Labute approximate surface area is 70.8 Å². The lowest BCUT2D eigenvalue weighted by molar-refractivity contribution is 0.744. The fraction of sp³-hybridized carbons (Fsp3) is 0.250. The van der Waals surface area contributed by atoms with Crippen LogP contribution in [0.1, 0.15) is 18.0 Å². The lowest BCUT2D eigenvalue weighted by Crippen LogP contribution is -2.09. The van der Waals surface area contributed by atoms with Crippen molar-refractivity contribution in [3.8, 4) is 6.07 Å².